The molecule has 1 N–H and O–H groups in total. The molecule has 0 aromatic heterocycles. The monoisotopic (exact) mass is 294 g/mol. The lowest BCUT2D eigenvalue weighted by Gasteiger charge is -2.34. The molecule has 0 amide bonds. The number of hydrogen-bond donors (Lipinski definition) is 1. The molecule has 0 radical (unpaired) electrons. The third-order valence-corrected chi connectivity index (χ3v) is 3.73. The first kappa shape index (κ1) is 15.9. The van der Waals surface area contributed by atoms with Crippen molar-refractivity contribution >= 4 is 5.69 Å². The van der Waals surface area contributed by atoms with Crippen molar-refractivity contribution in [3.63, 3.8) is 0 Å². The van der Waals surface area contributed by atoms with E-state index in [0.717, 1.165) is 25.9 Å². The highest BCUT2D eigenvalue weighted by Gasteiger charge is 2.22. The van der Waals surface area contributed by atoms with Crippen LogP contribution in [0.15, 0.2) is 24.3 Å². The quantitative estimate of drug-likeness (QED) is 0.642. The molecule has 6 heteroatoms. The van der Waals surface area contributed by atoms with E-state index in [-0.39, 0.29) is 11.8 Å². The Balaban J connectivity index is 1.95. The molecule has 116 valence electrons. The number of non-ortho nitro benzene ring substituents is 1. The molecule has 0 spiro atoms. The number of hydrogen-bond acceptors (Lipinski definition) is 5. The van der Waals surface area contributed by atoms with Crippen LogP contribution in [0.25, 0.3) is 0 Å². The van der Waals surface area contributed by atoms with Crippen LogP contribution in [0.4, 0.5) is 5.69 Å². The van der Waals surface area contributed by atoms with Crippen LogP contribution in [0, 0.1) is 10.1 Å². The molecular weight excluding hydrogens is 272 g/mol. The van der Waals surface area contributed by atoms with Gasteiger partial charge in [-0.1, -0.05) is 25.5 Å². The molecule has 6 nitrogen and oxygen atoms in total. The Morgan fingerprint density at radius 1 is 1.57 bits per heavy atom. The van der Waals surface area contributed by atoms with E-state index in [1.165, 1.54) is 12.1 Å². The van der Waals surface area contributed by atoms with E-state index in [1.807, 2.05) is 0 Å². The lowest BCUT2D eigenvalue weighted by Crippen LogP contribution is -2.44. The highest BCUT2D eigenvalue weighted by atomic mass is 16.6. The van der Waals surface area contributed by atoms with Gasteiger partial charge in [0, 0.05) is 31.8 Å². The second-order valence-electron chi connectivity index (χ2n) is 5.41. The summed E-state index contributed by atoms with van der Waals surface area (Å²) in [5.74, 6) is 0. The Labute approximate surface area is 124 Å². The van der Waals surface area contributed by atoms with Gasteiger partial charge in [0.2, 0.25) is 0 Å². The fourth-order valence-corrected chi connectivity index (χ4v) is 2.64. The lowest BCUT2D eigenvalue weighted by molar-refractivity contribution is -0.385. The predicted octanol–water partition coefficient (Wildman–Crippen LogP) is 2.13. The molecule has 1 aliphatic heterocycles. The summed E-state index contributed by atoms with van der Waals surface area (Å²) in [6.07, 6.45) is 1.60. The fourth-order valence-electron chi connectivity index (χ4n) is 2.64. The fraction of sp³-hybridized carbons (Fsp3) is 0.600. The van der Waals surface area contributed by atoms with Gasteiger partial charge >= 0.3 is 0 Å². The summed E-state index contributed by atoms with van der Waals surface area (Å²) in [7, 11) is 0. The third-order valence-electron chi connectivity index (χ3n) is 3.73. The summed E-state index contributed by atoms with van der Waals surface area (Å²) >= 11 is 0. The Hall–Kier alpha value is -1.50. The summed E-state index contributed by atoms with van der Waals surface area (Å²) in [6, 6.07) is 6.20. The van der Waals surface area contributed by atoms with Gasteiger partial charge < -0.3 is 9.84 Å². The molecule has 2 rings (SSSR count). The summed E-state index contributed by atoms with van der Waals surface area (Å²) in [4.78, 5) is 12.5. The number of nitro benzene ring substituents is 1. The Morgan fingerprint density at radius 3 is 3.10 bits per heavy atom. The SMILES string of the molecule is CCCC1CN(CC(O)c2cccc([N+](=O)[O-])c2)CCO1. The van der Waals surface area contributed by atoms with E-state index in [9.17, 15) is 15.2 Å². The van der Waals surface area contributed by atoms with Crippen molar-refractivity contribution in [3.8, 4) is 0 Å². The zero-order chi connectivity index (χ0) is 15.2. The van der Waals surface area contributed by atoms with Gasteiger partial charge in [-0.15, -0.1) is 0 Å². The molecule has 1 fully saturated rings. The number of aliphatic hydroxyl groups is 1. The van der Waals surface area contributed by atoms with Gasteiger partial charge in [-0.3, -0.25) is 15.0 Å². The van der Waals surface area contributed by atoms with Crippen LogP contribution in [0.2, 0.25) is 0 Å². The molecule has 0 aliphatic carbocycles. The number of nitrogens with zero attached hydrogens (tertiary/aromatic N) is 2. The summed E-state index contributed by atoms with van der Waals surface area (Å²) < 4.78 is 5.67. The molecule has 0 saturated carbocycles. The smallest absolute Gasteiger partial charge is 0.269 e. The number of aliphatic hydroxyl groups excluding tert-OH is 1. The molecule has 1 aromatic rings. The first-order valence-electron chi connectivity index (χ1n) is 7.36. The second-order valence-corrected chi connectivity index (χ2v) is 5.41. The Morgan fingerprint density at radius 2 is 2.38 bits per heavy atom. The molecule has 2 atom stereocenters. The average molecular weight is 294 g/mol. The van der Waals surface area contributed by atoms with E-state index in [2.05, 4.69) is 11.8 Å². The van der Waals surface area contributed by atoms with Crippen LogP contribution in [-0.4, -0.2) is 47.3 Å². The van der Waals surface area contributed by atoms with Crippen molar-refractivity contribution in [1.29, 1.82) is 0 Å². The molecule has 1 aromatic carbocycles. The highest BCUT2D eigenvalue weighted by molar-refractivity contribution is 5.35. The molecule has 1 aliphatic rings. The number of β-amino-alcohol motifs (C(OH)–C–C–N with tert-alkyl or cyclic N) is 1. The highest BCUT2D eigenvalue weighted by Crippen LogP contribution is 2.21. The first-order chi connectivity index (χ1) is 10.1. The van der Waals surface area contributed by atoms with Gasteiger partial charge in [-0.2, -0.15) is 0 Å². The number of benzene rings is 1. The summed E-state index contributed by atoms with van der Waals surface area (Å²) in [5, 5.41) is 21.1. The lowest BCUT2D eigenvalue weighted by atomic mass is 10.1. The maximum atomic E-state index is 10.8. The van der Waals surface area contributed by atoms with Crippen molar-refractivity contribution in [2.24, 2.45) is 0 Å². The Bertz CT molecular complexity index is 478. The van der Waals surface area contributed by atoms with Crippen LogP contribution in [0.5, 0.6) is 0 Å². The molecular formula is C15H22N2O4. The zero-order valence-corrected chi connectivity index (χ0v) is 12.3. The van der Waals surface area contributed by atoms with E-state index >= 15 is 0 Å². The van der Waals surface area contributed by atoms with Gasteiger partial charge in [0.05, 0.1) is 23.7 Å². The summed E-state index contributed by atoms with van der Waals surface area (Å²) in [6.45, 7) is 4.86. The van der Waals surface area contributed by atoms with Crippen LogP contribution < -0.4 is 0 Å². The molecule has 21 heavy (non-hydrogen) atoms. The van der Waals surface area contributed by atoms with Gasteiger partial charge in [0.15, 0.2) is 0 Å². The van der Waals surface area contributed by atoms with Crippen molar-refractivity contribution in [1.82, 2.24) is 4.90 Å². The van der Waals surface area contributed by atoms with Gasteiger partial charge in [-0.25, -0.2) is 0 Å². The molecule has 1 saturated heterocycles. The zero-order valence-electron chi connectivity index (χ0n) is 12.3. The van der Waals surface area contributed by atoms with Crippen molar-refractivity contribution < 1.29 is 14.8 Å². The van der Waals surface area contributed by atoms with Crippen LogP contribution in [0.1, 0.15) is 31.4 Å². The van der Waals surface area contributed by atoms with Gasteiger partial charge in [0.25, 0.3) is 5.69 Å². The van der Waals surface area contributed by atoms with Crippen molar-refractivity contribution in [2.75, 3.05) is 26.2 Å². The third kappa shape index (κ3) is 4.49. The van der Waals surface area contributed by atoms with E-state index in [1.54, 1.807) is 12.1 Å². The van der Waals surface area contributed by atoms with E-state index in [4.69, 9.17) is 4.74 Å². The normalized spacial score (nSPS) is 21.1. The maximum Gasteiger partial charge on any atom is 0.269 e. The van der Waals surface area contributed by atoms with Crippen molar-refractivity contribution in [3.05, 3.63) is 39.9 Å². The number of morpholine rings is 1. The molecule has 1 heterocycles. The molecule has 2 unspecified atom stereocenters. The number of nitro groups is 1. The minimum Gasteiger partial charge on any atom is -0.387 e. The maximum absolute atomic E-state index is 10.8. The van der Waals surface area contributed by atoms with E-state index < -0.39 is 11.0 Å². The topological polar surface area (TPSA) is 75.8 Å². The molecule has 0 bridgehead atoms. The number of rotatable bonds is 6. The van der Waals surface area contributed by atoms with E-state index in [0.29, 0.717) is 18.7 Å². The minimum absolute atomic E-state index is 0.0115. The Kier molecular flexibility index (Phi) is 5.67. The standard InChI is InChI=1S/C15H22N2O4/c1-2-4-14-10-16(7-8-21-14)11-15(18)12-5-3-6-13(9-12)17(19)20/h3,5-6,9,14-15,18H,2,4,7-8,10-11H2,1H3. The number of ether oxygens (including phenoxy) is 1. The predicted molar refractivity (Wildman–Crippen MR) is 79.1 cm³/mol. The van der Waals surface area contributed by atoms with Gasteiger partial charge in [-0.05, 0) is 12.0 Å². The second kappa shape index (κ2) is 7.49. The van der Waals surface area contributed by atoms with Crippen LogP contribution >= 0.6 is 0 Å². The van der Waals surface area contributed by atoms with Crippen molar-refractivity contribution in [2.45, 2.75) is 32.0 Å². The average Bonchev–Trinajstić information content (AvgIpc) is 2.48. The van der Waals surface area contributed by atoms with Crippen LogP contribution in [-0.2, 0) is 4.74 Å². The van der Waals surface area contributed by atoms with Gasteiger partial charge in [0.1, 0.15) is 0 Å². The minimum atomic E-state index is -0.717. The first-order valence-corrected chi connectivity index (χ1v) is 7.36. The van der Waals surface area contributed by atoms with Crippen LogP contribution in [0.3, 0.4) is 0 Å². The largest absolute Gasteiger partial charge is 0.387 e. The summed E-state index contributed by atoms with van der Waals surface area (Å²) in [5.41, 5.74) is 0.597.